The van der Waals surface area contributed by atoms with Crippen LogP contribution >= 0.6 is 11.6 Å². The molecule has 2 aromatic carbocycles. The molecule has 2 rings (SSSR count). The zero-order valence-corrected chi connectivity index (χ0v) is 9.96. The Morgan fingerprint density at radius 3 is 2.65 bits per heavy atom. The van der Waals surface area contributed by atoms with Crippen molar-refractivity contribution in [2.24, 2.45) is 0 Å². The second kappa shape index (κ2) is 4.63. The number of aryl methyl sites for hydroxylation is 1. The van der Waals surface area contributed by atoms with Crippen LogP contribution in [0.25, 0.3) is 0 Å². The van der Waals surface area contributed by atoms with Crippen LogP contribution in [0.4, 0.5) is 10.1 Å². The van der Waals surface area contributed by atoms with Gasteiger partial charge < -0.3 is 10.5 Å². The molecule has 0 unspecified atom stereocenters. The van der Waals surface area contributed by atoms with Gasteiger partial charge in [-0.15, -0.1) is 0 Å². The lowest BCUT2D eigenvalue weighted by molar-refractivity contribution is 0.479. The monoisotopic (exact) mass is 251 g/mol. The number of nitrogens with two attached hydrogens (primary N) is 1. The van der Waals surface area contributed by atoms with Gasteiger partial charge in [0.15, 0.2) is 5.75 Å². The van der Waals surface area contributed by atoms with Crippen molar-refractivity contribution in [2.45, 2.75) is 6.92 Å². The fourth-order valence-corrected chi connectivity index (χ4v) is 1.69. The topological polar surface area (TPSA) is 35.2 Å². The number of hydrogen-bond donors (Lipinski definition) is 1. The Morgan fingerprint density at radius 1 is 1.24 bits per heavy atom. The molecule has 0 aliphatic carbocycles. The summed E-state index contributed by atoms with van der Waals surface area (Å²) < 4.78 is 18.5. The normalized spacial score (nSPS) is 10.3. The highest BCUT2D eigenvalue weighted by Crippen LogP contribution is 2.34. The molecule has 0 aliphatic heterocycles. The van der Waals surface area contributed by atoms with Gasteiger partial charge in [-0.25, -0.2) is 4.39 Å². The Labute approximate surface area is 104 Å². The number of halogens is 2. The standard InChI is InChI=1S/C13H11ClFNO/c1-8-3-2-4-11(16)13(8)17-12-6-5-9(15)7-10(12)14/h2-7H,16H2,1H3. The quantitative estimate of drug-likeness (QED) is 0.814. The second-order valence-electron chi connectivity index (χ2n) is 3.67. The molecule has 0 atom stereocenters. The number of anilines is 1. The maximum atomic E-state index is 12.9. The van der Waals surface area contributed by atoms with Gasteiger partial charge >= 0.3 is 0 Å². The molecule has 0 saturated carbocycles. The summed E-state index contributed by atoms with van der Waals surface area (Å²) in [6.45, 7) is 1.88. The minimum atomic E-state index is -0.403. The first-order valence-corrected chi connectivity index (χ1v) is 5.43. The summed E-state index contributed by atoms with van der Waals surface area (Å²) in [6.07, 6.45) is 0. The van der Waals surface area contributed by atoms with Gasteiger partial charge in [0, 0.05) is 0 Å². The van der Waals surface area contributed by atoms with Crippen LogP contribution in [0.1, 0.15) is 5.56 Å². The van der Waals surface area contributed by atoms with Crippen molar-refractivity contribution in [3.8, 4) is 11.5 Å². The zero-order valence-electron chi connectivity index (χ0n) is 9.21. The van der Waals surface area contributed by atoms with Crippen LogP contribution in [0.3, 0.4) is 0 Å². The van der Waals surface area contributed by atoms with E-state index in [2.05, 4.69) is 0 Å². The molecule has 88 valence electrons. The zero-order chi connectivity index (χ0) is 12.4. The molecule has 0 spiro atoms. The van der Waals surface area contributed by atoms with Gasteiger partial charge in [-0.05, 0) is 36.8 Å². The molecule has 0 heterocycles. The third kappa shape index (κ3) is 2.50. The average Bonchev–Trinajstić information content (AvgIpc) is 2.26. The van der Waals surface area contributed by atoms with E-state index in [1.165, 1.54) is 18.2 Å². The molecule has 0 fully saturated rings. The Kier molecular flexibility index (Phi) is 3.20. The van der Waals surface area contributed by atoms with E-state index in [9.17, 15) is 4.39 Å². The average molecular weight is 252 g/mol. The Hall–Kier alpha value is -1.74. The number of para-hydroxylation sites is 1. The molecule has 0 aromatic heterocycles. The molecule has 2 nitrogen and oxygen atoms in total. The third-order valence-corrected chi connectivity index (χ3v) is 2.64. The number of nitrogen functional groups attached to an aromatic ring is 1. The van der Waals surface area contributed by atoms with E-state index >= 15 is 0 Å². The summed E-state index contributed by atoms with van der Waals surface area (Å²) in [5, 5.41) is 0.215. The number of rotatable bonds is 2. The second-order valence-corrected chi connectivity index (χ2v) is 4.08. The van der Waals surface area contributed by atoms with Gasteiger partial charge in [-0.1, -0.05) is 23.7 Å². The Bertz CT molecular complexity index is 537. The minimum Gasteiger partial charge on any atom is -0.453 e. The maximum absolute atomic E-state index is 12.9. The van der Waals surface area contributed by atoms with E-state index in [4.69, 9.17) is 22.1 Å². The van der Waals surface area contributed by atoms with E-state index in [1.54, 1.807) is 6.07 Å². The fourth-order valence-electron chi connectivity index (χ4n) is 1.48. The van der Waals surface area contributed by atoms with Crippen molar-refractivity contribution in [2.75, 3.05) is 5.73 Å². The number of benzene rings is 2. The van der Waals surface area contributed by atoms with Gasteiger partial charge in [-0.3, -0.25) is 0 Å². The Morgan fingerprint density at radius 2 is 2.00 bits per heavy atom. The van der Waals surface area contributed by atoms with E-state index in [-0.39, 0.29) is 5.02 Å². The lowest BCUT2D eigenvalue weighted by Gasteiger charge is -2.12. The predicted molar refractivity (Wildman–Crippen MR) is 67.1 cm³/mol. The molecular weight excluding hydrogens is 241 g/mol. The highest BCUT2D eigenvalue weighted by Gasteiger charge is 2.09. The highest BCUT2D eigenvalue weighted by atomic mass is 35.5. The summed E-state index contributed by atoms with van der Waals surface area (Å²) in [5.41, 5.74) is 7.22. The van der Waals surface area contributed by atoms with Crippen molar-refractivity contribution in [1.82, 2.24) is 0 Å². The molecule has 4 heteroatoms. The molecule has 2 aromatic rings. The largest absolute Gasteiger partial charge is 0.453 e. The van der Waals surface area contributed by atoms with Crippen LogP contribution in [-0.2, 0) is 0 Å². The van der Waals surface area contributed by atoms with Crippen molar-refractivity contribution in [1.29, 1.82) is 0 Å². The SMILES string of the molecule is Cc1cccc(N)c1Oc1ccc(F)cc1Cl. The summed E-state index contributed by atoms with van der Waals surface area (Å²) in [6, 6.07) is 9.41. The van der Waals surface area contributed by atoms with Crippen molar-refractivity contribution in [3.05, 3.63) is 52.8 Å². The van der Waals surface area contributed by atoms with Crippen LogP contribution in [0.5, 0.6) is 11.5 Å². The van der Waals surface area contributed by atoms with Crippen LogP contribution < -0.4 is 10.5 Å². The van der Waals surface area contributed by atoms with E-state index in [0.717, 1.165) is 5.56 Å². The van der Waals surface area contributed by atoms with Crippen molar-refractivity contribution >= 4 is 17.3 Å². The molecule has 0 saturated heterocycles. The summed E-state index contributed by atoms with van der Waals surface area (Å²) in [5.74, 6) is 0.523. The summed E-state index contributed by atoms with van der Waals surface area (Å²) in [4.78, 5) is 0. The summed E-state index contributed by atoms with van der Waals surface area (Å²) >= 11 is 5.88. The molecule has 0 radical (unpaired) electrons. The molecule has 0 bridgehead atoms. The molecule has 0 amide bonds. The lowest BCUT2D eigenvalue weighted by atomic mass is 10.2. The van der Waals surface area contributed by atoms with E-state index < -0.39 is 5.82 Å². The maximum Gasteiger partial charge on any atom is 0.153 e. The smallest absolute Gasteiger partial charge is 0.153 e. The van der Waals surface area contributed by atoms with Gasteiger partial charge in [-0.2, -0.15) is 0 Å². The molecule has 2 N–H and O–H groups in total. The molecular formula is C13H11ClFNO. The molecule has 17 heavy (non-hydrogen) atoms. The first kappa shape index (κ1) is 11.7. The third-order valence-electron chi connectivity index (χ3n) is 2.35. The Balaban J connectivity index is 2.38. The van der Waals surface area contributed by atoms with Crippen LogP contribution in [0, 0.1) is 12.7 Å². The first-order chi connectivity index (χ1) is 8.08. The highest BCUT2D eigenvalue weighted by molar-refractivity contribution is 6.32. The van der Waals surface area contributed by atoms with Crippen LogP contribution in [0.15, 0.2) is 36.4 Å². The lowest BCUT2D eigenvalue weighted by Crippen LogP contribution is -1.95. The minimum absolute atomic E-state index is 0.215. The van der Waals surface area contributed by atoms with Gasteiger partial charge in [0.25, 0.3) is 0 Å². The van der Waals surface area contributed by atoms with Crippen LogP contribution in [-0.4, -0.2) is 0 Å². The van der Waals surface area contributed by atoms with E-state index in [0.29, 0.717) is 17.2 Å². The summed E-state index contributed by atoms with van der Waals surface area (Å²) in [7, 11) is 0. The van der Waals surface area contributed by atoms with Crippen LogP contribution in [0.2, 0.25) is 5.02 Å². The van der Waals surface area contributed by atoms with Gasteiger partial charge in [0.05, 0.1) is 10.7 Å². The predicted octanol–water partition coefficient (Wildman–Crippen LogP) is 4.16. The first-order valence-electron chi connectivity index (χ1n) is 5.06. The van der Waals surface area contributed by atoms with E-state index in [1.807, 2.05) is 19.1 Å². The van der Waals surface area contributed by atoms with Gasteiger partial charge in [0.1, 0.15) is 11.6 Å². The fraction of sp³-hybridized carbons (Fsp3) is 0.0769. The number of hydrogen-bond acceptors (Lipinski definition) is 2. The van der Waals surface area contributed by atoms with Crippen molar-refractivity contribution < 1.29 is 9.13 Å². The van der Waals surface area contributed by atoms with Crippen molar-refractivity contribution in [3.63, 3.8) is 0 Å². The number of ether oxygens (including phenoxy) is 1. The molecule has 0 aliphatic rings. The van der Waals surface area contributed by atoms with Gasteiger partial charge in [0.2, 0.25) is 0 Å².